The molecule has 0 aromatic heterocycles. The van der Waals surface area contributed by atoms with Crippen molar-refractivity contribution in [1.29, 1.82) is 0 Å². The van der Waals surface area contributed by atoms with Crippen molar-refractivity contribution in [1.82, 2.24) is 5.32 Å². The monoisotopic (exact) mass is 418 g/mol. The maximum Gasteiger partial charge on any atom is 0.223 e. The number of piperidine rings is 1. The number of anilines is 1. The lowest BCUT2D eigenvalue weighted by Crippen LogP contribution is -2.40. The van der Waals surface area contributed by atoms with Crippen LogP contribution in [0.3, 0.4) is 0 Å². The van der Waals surface area contributed by atoms with E-state index >= 15 is 0 Å². The Labute approximate surface area is 160 Å². The van der Waals surface area contributed by atoms with Gasteiger partial charge in [-0.1, -0.05) is 22.0 Å². The number of aldehydes is 1. The van der Waals surface area contributed by atoms with Crippen LogP contribution in [0.1, 0.15) is 28.8 Å². The van der Waals surface area contributed by atoms with Gasteiger partial charge in [-0.2, -0.15) is 0 Å². The van der Waals surface area contributed by atoms with Crippen molar-refractivity contribution < 1.29 is 14.0 Å². The highest BCUT2D eigenvalue weighted by molar-refractivity contribution is 9.10. The fraction of sp³-hybridized carbons (Fsp3) is 0.300. The van der Waals surface area contributed by atoms with Crippen molar-refractivity contribution in [3.05, 3.63) is 63.9 Å². The molecule has 1 saturated heterocycles. The third-order valence-electron chi connectivity index (χ3n) is 4.73. The molecule has 3 rings (SSSR count). The number of hydrogen-bond donors (Lipinski definition) is 1. The zero-order valence-corrected chi connectivity index (χ0v) is 15.8. The molecule has 6 heteroatoms. The van der Waals surface area contributed by atoms with Crippen LogP contribution in [0.2, 0.25) is 0 Å². The van der Waals surface area contributed by atoms with Gasteiger partial charge in [0.15, 0.2) is 0 Å². The second-order valence-electron chi connectivity index (χ2n) is 6.42. The average molecular weight is 419 g/mol. The minimum atomic E-state index is -0.326. The predicted octanol–water partition coefficient (Wildman–Crippen LogP) is 3.93. The molecule has 0 radical (unpaired) electrons. The smallest absolute Gasteiger partial charge is 0.223 e. The molecule has 0 aliphatic carbocycles. The van der Waals surface area contributed by atoms with Gasteiger partial charge in [0.25, 0.3) is 0 Å². The van der Waals surface area contributed by atoms with E-state index < -0.39 is 0 Å². The van der Waals surface area contributed by atoms with Crippen LogP contribution in [0.25, 0.3) is 0 Å². The number of carbonyl (C=O) groups excluding carboxylic acids is 2. The highest BCUT2D eigenvalue weighted by Crippen LogP contribution is 2.24. The first-order valence-corrected chi connectivity index (χ1v) is 9.38. The van der Waals surface area contributed by atoms with E-state index in [-0.39, 0.29) is 24.2 Å². The normalized spacial score (nSPS) is 14.9. The van der Waals surface area contributed by atoms with E-state index in [4.69, 9.17) is 0 Å². The molecule has 0 spiro atoms. The van der Waals surface area contributed by atoms with Crippen LogP contribution in [-0.2, 0) is 11.3 Å². The fourth-order valence-electron chi connectivity index (χ4n) is 3.16. The molecule has 1 amide bonds. The zero-order chi connectivity index (χ0) is 18.5. The summed E-state index contributed by atoms with van der Waals surface area (Å²) in [6.45, 7) is 1.77. The van der Waals surface area contributed by atoms with E-state index in [9.17, 15) is 14.0 Å². The summed E-state index contributed by atoms with van der Waals surface area (Å²) in [4.78, 5) is 25.3. The predicted molar refractivity (Wildman–Crippen MR) is 103 cm³/mol. The van der Waals surface area contributed by atoms with Gasteiger partial charge in [-0.05, 0) is 49.2 Å². The van der Waals surface area contributed by atoms with E-state index in [1.165, 1.54) is 6.07 Å². The molecule has 136 valence electrons. The molecular formula is C20H20BrFN2O2. The minimum Gasteiger partial charge on any atom is -0.371 e. The summed E-state index contributed by atoms with van der Waals surface area (Å²) in [5.74, 6) is -0.407. The first kappa shape index (κ1) is 18.6. The van der Waals surface area contributed by atoms with Crippen LogP contribution in [0.4, 0.5) is 10.1 Å². The summed E-state index contributed by atoms with van der Waals surface area (Å²) in [6.07, 6.45) is 2.34. The van der Waals surface area contributed by atoms with Crippen LogP contribution in [0, 0.1) is 11.7 Å². The van der Waals surface area contributed by atoms with Crippen LogP contribution in [0.5, 0.6) is 0 Å². The SMILES string of the molecule is O=Cc1ccc(N2CCC(C(=O)NCc3ccc(Br)cc3F)CC2)cc1. The molecular weight excluding hydrogens is 399 g/mol. The van der Waals surface area contributed by atoms with Gasteiger partial charge in [-0.15, -0.1) is 0 Å². The number of nitrogens with zero attached hydrogens (tertiary/aromatic N) is 1. The highest BCUT2D eigenvalue weighted by Gasteiger charge is 2.25. The Hall–Kier alpha value is -2.21. The highest BCUT2D eigenvalue weighted by atomic mass is 79.9. The van der Waals surface area contributed by atoms with Gasteiger partial charge >= 0.3 is 0 Å². The summed E-state index contributed by atoms with van der Waals surface area (Å²) in [6, 6.07) is 12.3. The largest absolute Gasteiger partial charge is 0.371 e. The van der Waals surface area contributed by atoms with Gasteiger partial charge in [0.2, 0.25) is 5.91 Å². The van der Waals surface area contributed by atoms with Crippen molar-refractivity contribution in [3.63, 3.8) is 0 Å². The lowest BCUT2D eigenvalue weighted by molar-refractivity contribution is -0.125. The number of benzene rings is 2. The average Bonchev–Trinajstić information content (AvgIpc) is 2.67. The second-order valence-corrected chi connectivity index (χ2v) is 7.34. The number of rotatable bonds is 5. The number of carbonyl (C=O) groups is 2. The molecule has 1 aliphatic heterocycles. The number of halogens is 2. The number of nitrogens with one attached hydrogen (secondary N) is 1. The van der Waals surface area contributed by atoms with E-state index in [0.717, 1.165) is 37.9 Å². The molecule has 1 aliphatic rings. The molecule has 0 unspecified atom stereocenters. The summed E-state index contributed by atoms with van der Waals surface area (Å²) in [7, 11) is 0. The van der Waals surface area contributed by atoms with E-state index in [1.807, 2.05) is 12.1 Å². The maximum absolute atomic E-state index is 13.8. The standard InChI is InChI=1S/C20H20BrFN2O2/c21-17-4-3-16(19(22)11-17)12-23-20(26)15-7-9-24(10-8-15)18-5-1-14(13-25)2-6-18/h1-6,11,13,15H,7-10,12H2,(H,23,26). The quantitative estimate of drug-likeness (QED) is 0.748. The van der Waals surface area contributed by atoms with Gasteiger partial charge in [0.05, 0.1) is 0 Å². The first-order chi connectivity index (χ1) is 12.6. The topological polar surface area (TPSA) is 49.4 Å². The summed E-state index contributed by atoms with van der Waals surface area (Å²) >= 11 is 3.22. The van der Waals surface area contributed by atoms with E-state index in [2.05, 4.69) is 26.1 Å². The Kier molecular flexibility index (Phi) is 6.04. The molecule has 0 bridgehead atoms. The lowest BCUT2D eigenvalue weighted by Gasteiger charge is -2.33. The fourth-order valence-corrected chi connectivity index (χ4v) is 3.49. The molecule has 1 heterocycles. The van der Waals surface area contributed by atoms with Crippen LogP contribution in [0.15, 0.2) is 46.9 Å². The summed E-state index contributed by atoms with van der Waals surface area (Å²) in [5.41, 5.74) is 2.20. The van der Waals surface area contributed by atoms with Crippen molar-refractivity contribution in [2.24, 2.45) is 5.92 Å². The van der Waals surface area contributed by atoms with Crippen LogP contribution >= 0.6 is 15.9 Å². The summed E-state index contributed by atoms with van der Waals surface area (Å²) in [5, 5.41) is 2.85. The molecule has 0 atom stereocenters. The van der Waals surface area contributed by atoms with Gasteiger partial charge in [0, 0.05) is 46.8 Å². The summed E-state index contributed by atoms with van der Waals surface area (Å²) < 4.78 is 14.5. The van der Waals surface area contributed by atoms with Gasteiger partial charge < -0.3 is 10.2 Å². The Morgan fingerprint density at radius 2 is 1.88 bits per heavy atom. The number of amides is 1. The molecule has 1 N–H and O–H groups in total. The Balaban J connectivity index is 1.50. The zero-order valence-electron chi connectivity index (χ0n) is 14.3. The van der Waals surface area contributed by atoms with Gasteiger partial charge in [-0.25, -0.2) is 4.39 Å². The molecule has 26 heavy (non-hydrogen) atoms. The van der Waals surface area contributed by atoms with E-state index in [1.54, 1.807) is 24.3 Å². The molecule has 2 aromatic rings. The molecule has 2 aromatic carbocycles. The lowest BCUT2D eigenvalue weighted by atomic mass is 9.95. The Bertz CT molecular complexity index is 787. The van der Waals surface area contributed by atoms with Gasteiger partial charge in [-0.3, -0.25) is 9.59 Å². The van der Waals surface area contributed by atoms with Crippen molar-refractivity contribution in [2.45, 2.75) is 19.4 Å². The Morgan fingerprint density at radius 1 is 1.19 bits per heavy atom. The Morgan fingerprint density at radius 3 is 2.50 bits per heavy atom. The van der Waals surface area contributed by atoms with Crippen LogP contribution < -0.4 is 10.2 Å². The van der Waals surface area contributed by atoms with Crippen molar-refractivity contribution in [2.75, 3.05) is 18.0 Å². The minimum absolute atomic E-state index is 0.0247. The maximum atomic E-state index is 13.8. The number of hydrogen-bond acceptors (Lipinski definition) is 3. The third-order valence-corrected chi connectivity index (χ3v) is 5.22. The van der Waals surface area contributed by atoms with Crippen molar-refractivity contribution >= 4 is 33.8 Å². The molecule has 1 fully saturated rings. The third kappa shape index (κ3) is 4.49. The molecule has 0 saturated carbocycles. The van der Waals surface area contributed by atoms with Crippen LogP contribution in [-0.4, -0.2) is 25.3 Å². The van der Waals surface area contributed by atoms with Gasteiger partial charge in [0.1, 0.15) is 12.1 Å². The van der Waals surface area contributed by atoms with Crippen molar-refractivity contribution in [3.8, 4) is 0 Å². The second kappa shape index (κ2) is 8.45. The molecule has 4 nitrogen and oxygen atoms in total. The van der Waals surface area contributed by atoms with E-state index in [0.29, 0.717) is 15.6 Å². The first-order valence-electron chi connectivity index (χ1n) is 8.58.